The van der Waals surface area contributed by atoms with E-state index >= 15 is 0 Å². The number of nitrogens with one attached hydrogen (secondary N) is 1. The summed E-state index contributed by atoms with van der Waals surface area (Å²) in [6.07, 6.45) is 0. The molecule has 3 aromatic rings. The lowest BCUT2D eigenvalue weighted by Crippen LogP contribution is -2.07. The van der Waals surface area contributed by atoms with E-state index in [1.165, 1.54) is 16.5 Å². The highest BCUT2D eigenvalue weighted by Gasteiger charge is 2.05. The molecule has 0 amide bonds. The number of benzene rings is 3. The molecule has 0 radical (unpaired) electrons. The van der Waals surface area contributed by atoms with E-state index in [2.05, 4.69) is 54.0 Å². The molecule has 0 aromatic heterocycles. The van der Waals surface area contributed by atoms with E-state index in [9.17, 15) is 0 Å². The second-order valence-corrected chi connectivity index (χ2v) is 4.22. The molecule has 0 fully saturated rings. The molecule has 0 saturated carbocycles. The summed E-state index contributed by atoms with van der Waals surface area (Å²) >= 11 is 0. The van der Waals surface area contributed by atoms with Gasteiger partial charge in [-0.1, -0.05) is 60.7 Å². The Hall–Kier alpha value is -2.32. The first-order chi connectivity index (χ1) is 8.90. The van der Waals surface area contributed by atoms with E-state index in [0.717, 1.165) is 11.1 Å². The molecule has 88 valence electrons. The predicted molar refractivity (Wildman–Crippen MR) is 77.2 cm³/mol. The number of fused-ring (bicyclic) bond motifs is 1. The maximum absolute atomic E-state index is 5.55. The predicted octanol–water partition coefficient (Wildman–Crippen LogP) is 3.79. The number of hydrazine groups is 1. The summed E-state index contributed by atoms with van der Waals surface area (Å²) < 4.78 is 0. The molecule has 0 bridgehead atoms. The van der Waals surface area contributed by atoms with Crippen molar-refractivity contribution in [3.63, 3.8) is 0 Å². The van der Waals surface area contributed by atoms with E-state index < -0.39 is 0 Å². The molecule has 0 spiro atoms. The van der Waals surface area contributed by atoms with Gasteiger partial charge in [0.2, 0.25) is 0 Å². The lowest BCUT2D eigenvalue weighted by molar-refractivity contribution is 1.37. The molecule has 0 aliphatic carbocycles. The topological polar surface area (TPSA) is 38.0 Å². The summed E-state index contributed by atoms with van der Waals surface area (Å²) in [4.78, 5) is 0. The van der Waals surface area contributed by atoms with E-state index in [4.69, 9.17) is 5.84 Å². The van der Waals surface area contributed by atoms with Crippen molar-refractivity contribution in [2.75, 3.05) is 5.43 Å². The fourth-order valence-electron chi connectivity index (χ4n) is 2.29. The minimum atomic E-state index is 0.949. The van der Waals surface area contributed by atoms with Gasteiger partial charge in [-0.3, -0.25) is 5.84 Å². The summed E-state index contributed by atoms with van der Waals surface area (Å²) in [5.74, 6) is 5.55. The second-order valence-electron chi connectivity index (χ2n) is 4.22. The maximum atomic E-state index is 5.55. The van der Waals surface area contributed by atoms with Crippen LogP contribution in [0.5, 0.6) is 0 Å². The van der Waals surface area contributed by atoms with Crippen LogP contribution in [0.1, 0.15) is 0 Å². The van der Waals surface area contributed by atoms with Gasteiger partial charge in [0, 0.05) is 5.39 Å². The van der Waals surface area contributed by atoms with Crippen LogP contribution in [0.25, 0.3) is 21.9 Å². The number of rotatable bonds is 2. The zero-order chi connectivity index (χ0) is 12.4. The van der Waals surface area contributed by atoms with Crippen LogP contribution >= 0.6 is 0 Å². The molecule has 0 heterocycles. The van der Waals surface area contributed by atoms with Crippen molar-refractivity contribution in [3.8, 4) is 11.1 Å². The minimum absolute atomic E-state index is 0.949. The van der Waals surface area contributed by atoms with Crippen molar-refractivity contribution in [1.29, 1.82) is 0 Å². The van der Waals surface area contributed by atoms with Crippen molar-refractivity contribution < 1.29 is 0 Å². The summed E-state index contributed by atoms with van der Waals surface area (Å²) in [7, 11) is 0. The molecule has 0 atom stereocenters. The van der Waals surface area contributed by atoms with Gasteiger partial charge in [0.05, 0.1) is 5.69 Å². The third-order valence-corrected chi connectivity index (χ3v) is 3.16. The Balaban J connectivity index is 2.32. The van der Waals surface area contributed by atoms with Gasteiger partial charge >= 0.3 is 0 Å². The Morgan fingerprint density at radius 1 is 0.667 bits per heavy atom. The fraction of sp³-hybridized carbons (Fsp3) is 0. The number of hydrogen-bond donors (Lipinski definition) is 2. The number of hydrogen-bond acceptors (Lipinski definition) is 2. The first-order valence-electron chi connectivity index (χ1n) is 5.94. The molecule has 3 N–H and O–H groups in total. The second kappa shape index (κ2) is 4.51. The quantitative estimate of drug-likeness (QED) is 0.523. The van der Waals surface area contributed by atoms with E-state index in [1.807, 2.05) is 18.2 Å². The summed E-state index contributed by atoms with van der Waals surface area (Å²) in [5.41, 5.74) is 6.14. The van der Waals surface area contributed by atoms with Crippen molar-refractivity contribution in [2.24, 2.45) is 5.84 Å². The van der Waals surface area contributed by atoms with Crippen molar-refractivity contribution in [2.45, 2.75) is 0 Å². The lowest BCUT2D eigenvalue weighted by atomic mass is 9.97. The van der Waals surface area contributed by atoms with Crippen LogP contribution in [0.4, 0.5) is 5.69 Å². The van der Waals surface area contributed by atoms with Crippen molar-refractivity contribution in [3.05, 3.63) is 66.7 Å². The molecular weight excluding hydrogens is 220 g/mol. The molecular formula is C16H14N2. The molecule has 2 heteroatoms. The van der Waals surface area contributed by atoms with Crippen LogP contribution in [0, 0.1) is 0 Å². The third-order valence-electron chi connectivity index (χ3n) is 3.16. The lowest BCUT2D eigenvalue weighted by Gasteiger charge is -2.10. The first kappa shape index (κ1) is 10.8. The molecule has 0 aliphatic rings. The van der Waals surface area contributed by atoms with Crippen molar-refractivity contribution >= 4 is 16.5 Å². The Morgan fingerprint density at radius 2 is 1.33 bits per heavy atom. The van der Waals surface area contributed by atoms with Crippen molar-refractivity contribution in [1.82, 2.24) is 0 Å². The number of nitrogens with two attached hydrogens (primary N) is 1. The largest absolute Gasteiger partial charge is 0.324 e. The van der Waals surface area contributed by atoms with Gasteiger partial charge in [-0.2, -0.15) is 0 Å². The number of anilines is 1. The molecule has 0 aliphatic heterocycles. The van der Waals surface area contributed by atoms with E-state index in [1.54, 1.807) is 0 Å². The monoisotopic (exact) mass is 234 g/mol. The van der Waals surface area contributed by atoms with Gasteiger partial charge in [0.25, 0.3) is 0 Å². The average molecular weight is 234 g/mol. The molecule has 3 aromatic carbocycles. The van der Waals surface area contributed by atoms with Crippen LogP contribution in [-0.2, 0) is 0 Å². The summed E-state index contributed by atoms with van der Waals surface area (Å²) in [6, 6.07) is 22.8. The average Bonchev–Trinajstić information content (AvgIpc) is 2.47. The molecule has 0 saturated heterocycles. The zero-order valence-corrected chi connectivity index (χ0v) is 9.93. The molecule has 18 heavy (non-hydrogen) atoms. The third kappa shape index (κ3) is 1.73. The zero-order valence-electron chi connectivity index (χ0n) is 9.93. The van der Waals surface area contributed by atoms with Gasteiger partial charge in [-0.05, 0) is 22.6 Å². The van der Waals surface area contributed by atoms with Gasteiger partial charge in [0.15, 0.2) is 0 Å². The SMILES string of the molecule is NNc1ccc(-c2ccccc2)c2ccccc12. The Bertz CT molecular complexity index is 675. The van der Waals surface area contributed by atoms with E-state index in [-0.39, 0.29) is 0 Å². The standard InChI is InChI=1S/C16H14N2/c17-18-16-11-10-13(12-6-2-1-3-7-12)14-8-4-5-9-15(14)16/h1-11,18H,17H2. The van der Waals surface area contributed by atoms with Gasteiger partial charge in [-0.15, -0.1) is 0 Å². The molecule has 2 nitrogen and oxygen atoms in total. The Labute approximate surface area is 106 Å². The number of nitrogen functional groups attached to an aromatic ring is 1. The van der Waals surface area contributed by atoms with Crippen LogP contribution < -0.4 is 11.3 Å². The summed E-state index contributed by atoms with van der Waals surface area (Å²) in [5, 5.41) is 2.35. The van der Waals surface area contributed by atoms with E-state index in [0.29, 0.717) is 0 Å². The molecule has 3 rings (SSSR count). The smallest absolute Gasteiger partial charge is 0.0563 e. The van der Waals surface area contributed by atoms with Gasteiger partial charge in [-0.25, -0.2) is 0 Å². The van der Waals surface area contributed by atoms with Crippen LogP contribution in [0.2, 0.25) is 0 Å². The first-order valence-corrected chi connectivity index (χ1v) is 5.94. The van der Waals surface area contributed by atoms with Gasteiger partial charge in [0.1, 0.15) is 0 Å². The molecule has 0 unspecified atom stereocenters. The normalized spacial score (nSPS) is 10.5. The highest BCUT2D eigenvalue weighted by Crippen LogP contribution is 2.32. The highest BCUT2D eigenvalue weighted by molar-refractivity contribution is 6.03. The fourth-order valence-corrected chi connectivity index (χ4v) is 2.29. The Kier molecular flexibility index (Phi) is 2.71. The minimum Gasteiger partial charge on any atom is -0.324 e. The van der Waals surface area contributed by atoms with Crippen LogP contribution in [-0.4, -0.2) is 0 Å². The Morgan fingerprint density at radius 3 is 2.06 bits per heavy atom. The van der Waals surface area contributed by atoms with Gasteiger partial charge < -0.3 is 5.43 Å². The van der Waals surface area contributed by atoms with Crippen LogP contribution in [0.15, 0.2) is 66.7 Å². The highest BCUT2D eigenvalue weighted by atomic mass is 15.2. The van der Waals surface area contributed by atoms with Crippen LogP contribution in [0.3, 0.4) is 0 Å². The maximum Gasteiger partial charge on any atom is 0.0563 e. The summed E-state index contributed by atoms with van der Waals surface area (Å²) in [6.45, 7) is 0.